The van der Waals surface area contributed by atoms with Crippen LogP contribution in [0.3, 0.4) is 0 Å². The molecule has 4 rings (SSSR count). The van der Waals surface area contributed by atoms with E-state index in [0.717, 1.165) is 11.1 Å². The van der Waals surface area contributed by atoms with Gasteiger partial charge >= 0.3 is 0 Å². The SMILES string of the molecule is COc1ccc(-c2cc(OC)c(OC)c(OC)c2)cc1C1=C(Nc2cccc(C#N)c2)C(=O)NC1=O. The van der Waals surface area contributed by atoms with Crippen molar-refractivity contribution in [3.63, 3.8) is 0 Å². The Morgan fingerprint density at radius 3 is 2.08 bits per heavy atom. The van der Waals surface area contributed by atoms with E-state index in [1.165, 1.54) is 28.4 Å². The Balaban J connectivity index is 1.88. The zero-order valence-electron chi connectivity index (χ0n) is 20.1. The van der Waals surface area contributed by atoms with E-state index >= 15 is 0 Å². The molecule has 0 atom stereocenters. The molecule has 3 aromatic rings. The highest BCUT2D eigenvalue weighted by Crippen LogP contribution is 2.42. The summed E-state index contributed by atoms with van der Waals surface area (Å²) >= 11 is 0. The van der Waals surface area contributed by atoms with E-state index in [4.69, 9.17) is 18.9 Å². The van der Waals surface area contributed by atoms with Gasteiger partial charge in [0.25, 0.3) is 11.8 Å². The average molecular weight is 485 g/mol. The van der Waals surface area contributed by atoms with E-state index in [1.54, 1.807) is 48.5 Å². The fraction of sp³-hybridized carbons (Fsp3) is 0.148. The van der Waals surface area contributed by atoms with Crippen molar-refractivity contribution in [2.24, 2.45) is 0 Å². The van der Waals surface area contributed by atoms with Crippen molar-refractivity contribution in [1.29, 1.82) is 5.26 Å². The van der Waals surface area contributed by atoms with Gasteiger partial charge in [0.05, 0.1) is 45.6 Å². The third-order valence-electron chi connectivity index (χ3n) is 5.66. The lowest BCUT2D eigenvalue weighted by molar-refractivity contribution is -0.123. The molecule has 0 spiro atoms. The first-order valence-electron chi connectivity index (χ1n) is 10.8. The minimum absolute atomic E-state index is 0.0513. The van der Waals surface area contributed by atoms with E-state index in [2.05, 4.69) is 16.7 Å². The highest BCUT2D eigenvalue weighted by atomic mass is 16.5. The lowest BCUT2D eigenvalue weighted by atomic mass is 9.96. The first-order chi connectivity index (χ1) is 17.4. The van der Waals surface area contributed by atoms with Gasteiger partial charge in [0.2, 0.25) is 5.75 Å². The summed E-state index contributed by atoms with van der Waals surface area (Å²) in [4.78, 5) is 25.6. The van der Waals surface area contributed by atoms with Crippen molar-refractivity contribution < 1.29 is 28.5 Å². The van der Waals surface area contributed by atoms with E-state index in [0.29, 0.717) is 39.8 Å². The molecule has 1 heterocycles. The molecule has 0 aromatic heterocycles. The second-order valence-electron chi connectivity index (χ2n) is 7.68. The number of anilines is 1. The minimum atomic E-state index is -0.586. The van der Waals surface area contributed by atoms with Crippen LogP contribution in [0.2, 0.25) is 0 Å². The fourth-order valence-electron chi connectivity index (χ4n) is 3.97. The molecular formula is C27H23N3O6. The highest BCUT2D eigenvalue weighted by Gasteiger charge is 2.33. The first kappa shape index (κ1) is 24.2. The Bertz CT molecular complexity index is 1410. The van der Waals surface area contributed by atoms with Crippen LogP contribution in [0.25, 0.3) is 16.7 Å². The normalized spacial score (nSPS) is 12.6. The molecule has 0 unspecified atom stereocenters. The van der Waals surface area contributed by atoms with Gasteiger partial charge in [-0.15, -0.1) is 0 Å². The van der Waals surface area contributed by atoms with Gasteiger partial charge in [0, 0.05) is 11.3 Å². The van der Waals surface area contributed by atoms with Crippen molar-refractivity contribution in [2.45, 2.75) is 0 Å². The van der Waals surface area contributed by atoms with Gasteiger partial charge in [-0.05, 0) is 53.6 Å². The Kier molecular flexibility index (Phi) is 6.79. The number of amides is 2. The molecule has 1 aliphatic rings. The quantitative estimate of drug-likeness (QED) is 0.463. The standard InChI is InChI=1S/C27H23N3O6/c1-33-20-9-8-16(17-12-21(34-2)25(36-4)22(13-17)35-3)11-19(20)23-24(27(32)30-26(23)31)29-18-7-5-6-15(10-18)14-28/h5-13H,1-4H3,(H2,29,30,31,32). The Labute approximate surface area is 207 Å². The fourth-order valence-corrected chi connectivity index (χ4v) is 3.97. The molecule has 0 bridgehead atoms. The second-order valence-corrected chi connectivity index (χ2v) is 7.68. The van der Waals surface area contributed by atoms with Crippen LogP contribution < -0.4 is 29.6 Å². The van der Waals surface area contributed by atoms with Crippen molar-refractivity contribution in [1.82, 2.24) is 5.32 Å². The Morgan fingerprint density at radius 1 is 0.778 bits per heavy atom. The third-order valence-corrected chi connectivity index (χ3v) is 5.66. The van der Waals surface area contributed by atoms with Crippen molar-refractivity contribution in [2.75, 3.05) is 33.8 Å². The highest BCUT2D eigenvalue weighted by molar-refractivity contribution is 6.37. The molecule has 2 N–H and O–H groups in total. The topological polar surface area (TPSA) is 119 Å². The molecule has 0 saturated heterocycles. The number of nitrogens with zero attached hydrogens (tertiary/aromatic N) is 1. The maximum absolute atomic E-state index is 12.9. The molecule has 182 valence electrons. The zero-order valence-corrected chi connectivity index (χ0v) is 20.1. The van der Waals surface area contributed by atoms with E-state index in [9.17, 15) is 14.9 Å². The molecule has 2 amide bonds. The van der Waals surface area contributed by atoms with Gasteiger partial charge in [-0.1, -0.05) is 12.1 Å². The van der Waals surface area contributed by atoms with Crippen LogP contribution in [-0.4, -0.2) is 40.3 Å². The number of ether oxygens (including phenoxy) is 4. The van der Waals surface area contributed by atoms with Crippen LogP contribution in [-0.2, 0) is 9.59 Å². The molecular weight excluding hydrogens is 462 g/mol. The molecule has 0 radical (unpaired) electrons. The van der Waals surface area contributed by atoms with Gasteiger partial charge in [0.15, 0.2) is 11.5 Å². The summed E-state index contributed by atoms with van der Waals surface area (Å²) in [5.74, 6) is 0.633. The maximum atomic E-state index is 12.9. The number of nitriles is 1. The number of benzene rings is 3. The van der Waals surface area contributed by atoms with E-state index in [1.807, 2.05) is 6.07 Å². The van der Waals surface area contributed by atoms with Crippen LogP contribution in [0, 0.1) is 11.3 Å². The summed E-state index contributed by atoms with van der Waals surface area (Å²) in [5.41, 5.74) is 2.93. The van der Waals surface area contributed by atoms with Crippen molar-refractivity contribution in [3.05, 3.63) is 71.4 Å². The summed E-state index contributed by atoms with van der Waals surface area (Å²) in [7, 11) is 6.06. The number of rotatable bonds is 8. The molecule has 0 saturated carbocycles. The predicted molar refractivity (Wildman–Crippen MR) is 133 cm³/mol. The Hall–Kier alpha value is -4.97. The van der Waals surface area contributed by atoms with E-state index in [-0.39, 0.29) is 11.3 Å². The first-order valence-corrected chi connectivity index (χ1v) is 10.8. The number of methoxy groups -OCH3 is 4. The zero-order chi connectivity index (χ0) is 25.8. The smallest absolute Gasteiger partial charge is 0.275 e. The molecule has 3 aromatic carbocycles. The summed E-state index contributed by atoms with van der Waals surface area (Å²) < 4.78 is 21.9. The van der Waals surface area contributed by atoms with Gasteiger partial charge in [-0.2, -0.15) is 5.26 Å². The monoisotopic (exact) mass is 485 g/mol. The van der Waals surface area contributed by atoms with Gasteiger partial charge in [0.1, 0.15) is 11.4 Å². The maximum Gasteiger partial charge on any atom is 0.275 e. The lowest BCUT2D eigenvalue weighted by Gasteiger charge is -2.16. The molecule has 0 aliphatic carbocycles. The summed E-state index contributed by atoms with van der Waals surface area (Å²) in [6, 6.07) is 17.5. The van der Waals surface area contributed by atoms with Gasteiger partial charge in [-0.25, -0.2) is 0 Å². The summed E-state index contributed by atoms with van der Waals surface area (Å²) in [6.45, 7) is 0. The number of hydrogen-bond acceptors (Lipinski definition) is 8. The van der Waals surface area contributed by atoms with Crippen LogP contribution >= 0.6 is 0 Å². The molecule has 9 nitrogen and oxygen atoms in total. The summed E-state index contributed by atoms with van der Waals surface area (Å²) in [5, 5.41) is 14.5. The third kappa shape index (κ3) is 4.40. The van der Waals surface area contributed by atoms with Crippen LogP contribution in [0.15, 0.2) is 60.3 Å². The predicted octanol–water partition coefficient (Wildman–Crippen LogP) is 3.74. The average Bonchev–Trinajstić information content (AvgIpc) is 3.19. The van der Waals surface area contributed by atoms with Gasteiger partial charge < -0.3 is 24.3 Å². The van der Waals surface area contributed by atoms with Crippen LogP contribution in [0.4, 0.5) is 5.69 Å². The van der Waals surface area contributed by atoms with Crippen LogP contribution in [0.5, 0.6) is 23.0 Å². The number of hydrogen-bond donors (Lipinski definition) is 2. The molecule has 36 heavy (non-hydrogen) atoms. The molecule has 0 fully saturated rings. The Morgan fingerprint density at radius 2 is 1.47 bits per heavy atom. The largest absolute Gasteiger partial charge is 0.496 e. The van der Waals surface area contributed by atoms with Gasteiger partial charge in [-0.3, -0.25) is 14.9 Å². The van der Waals surface area contributed by atoms with Crippen LogP contribution in [0.1, 0.15) is 11.1 Å². The van der Waals surface area contributed by atoms with Crippen molar-refractivity contribution in [3.8, 4) is 40.2 Å². The number of imide groups is 1. The number of carbonyl (C=O) groups excluding carboxylic acids is 2. The van der Waals surface area contributed by atoms with Crippen molar-refractivity contribution >= 4 is 23.1 Å². The second kappa shape index (κ2) is 10.1. The minimum Gasteiger partial charge on any atom is -0.496 e. The number of nitrogens with one attached hydrogen (secondary N) is 2. The van der Waals surface area contributed by atoms with E-state index < -0.39 is 11.8 Å². The molecule has 1 aliphatic heterocycles. The lowest BCUT2D eigenvalue weighted by Crippen LogP contribution is -2.24. The molecule has 9 heteroatoms. The summed E-state index contributed by atoms with van der Waals surface area (Å²) in [6.07, 6.45) is 0. The number of carbonyl (C=O) groups is 2.